The number of unbranched alkanes of at least 4 members (excludes halogenated alkanes) is 1. The zero-order valence-corrected chi connectivity index (χ0v) is 30.2. The number of Topliss-reactive ketones (excluding diaryl/α,β-unsaturated/α-hetero) is 2. The van der Waals surface area contributed by atoms with Crippen LogP contribution in [-0.4, -0.2) is 108 Å². The maximum absolute atomic E-state index is 13.8. The number of carbonyl (C=O) groups excluding carboxylic acids is 6. The number of carbonyl (C=O) groups is 7. The first kappa shape index (κ1) is 47.1. The van der Waals surface area contributed by atoms with Crippen LogP contribution >= 0.6 is 0 Å². The number of hydrogen-bond acceptors (Lipinski definition) is 11. The second-order valence-electron chi connectivity index (χ2n) is 12.6. The summed E-state index contributed by atoms with van der Waals surface area (Å²) in [5.74, 6) is -8.40. The number of amides is 4. The summed E-state index contributed by atoms with van der Waals surface area (Å²) in [6.45, 7) is 3.15. The summed E-state index contributed by atoms with van der Waals surface area (Å²) in [6.07, 6.45) is 1.82. The van der Waals surface area contributed by atoms with Crippen molar-refractivity contribution < 1.29 is 43.8 Å². The zero-order valence-electron chi connectivity index (χ0n) is 30.2. The predicted molar refractivity (Wildman–Crippen MR) is 193 cm³/mol. The molecular weight excluding hydrogens is 682 g/mol. The SMILES string of the molecule is CC[C@@H](CCCCN)C(=O)N[C@@H](CCCN=C(N)N)C(=O)C[C@@H](CCCN=C(N)N)C(=O)N[C@@H](CO)C(=O)C[C@@H](C)C(=O)N[C@@H](CC(=O)O)C(N)=O. The van der Waals surface area contributed by atoms with Crippen molar-refractivity contribution >= 4 is 53.1 Å². The average molecular weight is 742 g/mol. The number of aliphatic imine (C=N–C) groups is 2. The Bertz CT molecular complexity index is 1250. The second kappa shape index (κ2) is 26.0. The van der Waals surface area contributed by atoms with Gasteiger partial charge in [-0.2, -0.15) is 0 Å². The Morgan fingerprint density at radius 1 is 0.635 bits per heavy atom. The molecule has 0 saturated carbocycles. The molecule has 0 aliphatic rings. The molecule has 0 fully saturated rings. The Morgan fingerprint density at radius 3 is 1.63 bits per heavy atom. The van der Waals surface area contributed by atoms with E-state index in [0.717, 1.165) is 12.8 Å². The molecular formula is C32H59N11O9. The highest BCUT2D eigenvalue weighted by Crippen LogP contribution is 2.19. The van der Waals surface area contributed by atoms with Gasteiger partial charge in [0.05, 0.1) is 19.1 Å². The lowest BCUT2D eigenvalue weighted by atomic mass is 9.90. The first-order chi connectivity index (χ1) is 24.5. The molecule has 0 aromatic rings. The van der Waals surface area contributed by atoms with Gasteiger partial charge in [-0.1, -0.05) is 20.3 Å². The molecule has 0 aromatic carbocycles. The van der Waals surface area contributed by atoms with Crippen LogP contribution in [0.1, 0.15) is 84.5 Å². The van der Waals surface area contributed by atoms with Gasteiger partial charge in [0, 0.05) is 43.7 Å². The molecule has 4 amide bonds. The van der Waals surface area contributed by atoms with Gasteiger partial charge >= 0.3 is 5.97 Å². The molecule has 20 nitrogen and oxygen atoms in total. The van der Waals surface area contributed by atoms with Crippen LogP contribution in [0.3, 0.4) is 0 Å². The van der Waals surface area contributed by atoms with E-state index in [9.17, 15) is 38.7 Å². The van der Waals surface area contributed by atoms with Gasteiger partial charge in [-0.25, -0.2) is 0 Å². The lowest BCUT2D eigenvalue weighted by Gasteiger charge is -2.25. The number of guanidine groups is 2. The summed E-state index contributed by atoms with van der Waals surface area (Å²) in [4.78, 5) is 96.6. The molecule has 52 heavy (non-hydrogen) atoms. The number of hydrogen-bond donors (Lipinski definition) is 11. The Hall–Kier alpha value is -4.85. The van der Waals surface area contributed by atoms with Crippen molar-refractivity contribution in [1.29, 1.82) is 0 Å². The summed E-state index contributed by atoms with van der Waals surface area (Å²) in [7, 11) is 0. The van der Waals surface area contributed by atoms with Gasteiger partial charge in [0.15, 0.2) is 23.5 Å². The molecule has 296 valence electrons. The minimum Gasteiger partial charge on any atom is -0.481 e. The first-order valence-electron chi connectivity index (χ1n) is 17.4. The fraction of sp³-hybridized carbons (Fsp3) is 0.719. The Morgan fingerprint density at radius 2 is 1.13 bits per heavy atom. The van der Waals surface area contributed by atoms with Gasteiger partial charge < -0.3 is 60.6 Å². The number of aliphatic hydroxyl groups excluding tert-OH is 1. The normalized spacial score (nSPS) is 14.3. The van der Waals surface area contributed by atoms with E-state index < -0.39 is 84.7 Å². The monoisotopic (exact) mass is 741 g/mol. The summed E-state index contributed by atoms with van der Waals surface area (Å²) in [5, 5.41) is 26.4. The van der Waals surface area contributed by atoms with Crippen LogP contribution in [-0.2, 0) is 33.6 Å². The van der Waals surface area contributed by atoms with Gasteiger partial charge in [-0.05, 0) is 51.5 Å². The Balaban J connectivity index is 6.01. The Labute approximate surface area is 303 Å². The topological polar surface area (TPSA) is 377 Å². The highest BCUT2D eigenvalue weighted by atomic mass is 16.4. The number of primary amides is 1. The van der Waals surface area contributed by atoms with E-state index in [2.05, 4.69) is 25.9 Å². The van der Waals surface area contributed by atoms with Gasteiger partial charge in [0.1, 0.15) is 12.1 Å². The molecule has 0 aliphatic carbocycles. The molecule has 20 heteroatoms. The van der Waals surface area contributed by atoms with Crippen molar-refractivity contribution in [2.45, 2.75) is 103 Å². The molecule has 0 heterocycles. The quantitative estimate of drug-likeness (QED) is 0.0205. The minimum absolute atomic E-state index is 0.0862. The van der Waals surface area contributed by atoms with Crippen molar-refractivity contribution in [3.8, 4) is 0 Å². The molecule has 0 bridgehead atoms. The van der Waals surface area contributed by atoms with E-state index in [-0.39, 0.29) is 62.5 Å². The summed E-state index contributed by atoms with van der Waals surface area (Å²) in [5.41, 5.74) is 32.4. The number of nitrogens with zero attached hydrogens (tertiary/aromatic N) is 2. The maximum atomic E-state index is 13.8. The molecule has 0 spiro atoms. The molecule has 0 aliphatic heterocycles. The van der Waals surface area contributed by atoms with Crippen LogP contribution in [0.25, 0.3) is 0 Å². The number of rotatable bonds is 29. The van der Waals surface area contributed by atoms with E-state index in [0.29, 0.717) is 25.8 Å². The fourth-order valence-electron chi connectivity index (χ4n) is 5.18. The number of aliphatic carboxylic acids is 1. The van der Waals surface area contributed by atoms with Crippen molar-refractivity contribution in [3.63, 3.8) is 0 Å². The van der Waals surface area contributed by atoms with Crippen LogP contribution in [0, 0.1) is 17.8 Å². The van der Waals surface area contributed by atoms with Crippen molar-refractivity contribution in [2.75, 3.05) is 26.2 Å². The molecule has 0 aromatic heterocycles. The number of nitrogens with one attached hydrogen (secondary N) is 3. The molecule has 0 saturated heterocycles. The number of ketones is 2. The van der Waals surface area contributed by atoms with Gasteiger partial charge in [-0.3, -0.25) is 43.5 Å². The molecule has 17 N–H and O–H groups in total. The third-order valence-electron chi connectivity index (χ3n) is 8.23. The van der Waals surface area contributed by atoms with E-state index in [1.165, 1.54) is 6.92 Å². The molecule has 0 rings (SSSR count). The van der Waals surface area contributed by atoms with E-state index in [4.69, 9.17) is 39.5 Å². The van der Waals surface area contributed by atoms with Crippen LogP contribution < -0.4 is 50.4 Å². The number of carboxylic acids is 1. The lowest BCUT2D eigenvalue weighted by Crippen LogP contribution is -2.50. The van der Waals surface area contributed by atoms with Gasteiger partial charge in [0.25, 0.3) is 0 Å². The summed E-state index contributed by atoms with van der Waals surface area (Å²) < 4.78 is 0. The average Bonchev–Trinajstić information content (AvgIpc) is 3.06. The highest BCUT2D eigenvalue weighted by molar-refractivity contribution is 5.96. The van der Waals surface area contributed by atoms with Gasteiger partial charge in [-0.15, -0.1) is 0 Å². The lowest BCUT2D eigenvalue weighted by molar-refractivity contribution is -0.140. The standard InChI is InChI=1S/C32H59N11O9/c1-3-19(8-4-5-11-33)29(51)41-21(10-7-13-40-32(37)38)25(46)15-20(9-6-12-39-31(35)36)30(52)43-23(17-44)24(45)14-18(2)28(50)42-22(27(34)49)16-26(47)48/h18-23,44H,3-17,33H2,1-2H3,(H2,34,49)(H,41,51)(H,42,50)(H,43,52)(H,47,48)(H4,35,36,39)(H4,37,38,40)/t18-,19+,20-,21+,22+,23+/m1/s1. The third-order valence-corrected chi connectivity index (χ3v) is 8.23. The third kappa shape index (κ3) is 20.1. The highest BCUT2D eigenvalue weighted by Gasteiger charge is 2.32. The fourth-order valence-corrected chi connectivity index (χ4v) is 5.18. The largest absolute Gasteiger partial charge is 0.481 e. The van der Waals surface area contributed by atoms with Crippen LogP contribution in [0.15, 0.2) is 9.98 Å². The van der Waals surface area contributed by atoms with Crippen LogP contribution in [0.4, 0.5) is 0 Å². The van der Waals surface area contributed by atoms with Gasteiger partial charge in [0.2, 0.25) is 23.6 Å². The maximum Gasteiger partial charge on any atom is 0.305 e. The minimum atomic E-state index is -1.52. The van der Waals surface area contributed by atoms with Crippen molar-refractivity contribution in [1.82, 2.24) is 16.0 Å². The molecule has 0 unspecified atom stereocenters. The number of aliphatic hydroxyl groups is 1. The van der Waals surface area contributed by atoms with Crippen LogP contribution in [0.5, 0.6) is 0 Å². The second-order valence-corrected chi connectivity index (χ2v) is 12.6. The first-order valence-corrected chi connectivity index (χ1v) is 17.4. The number of nitrogens with two attached hydrogens (primary N) is 6. The molecule has 0 radical (unpaired) electrons. The summed E-state index contributed by atoms with van der Waals surface area (Å²) >= 11 is 0. The molecule has 6 atom stereocenters. The van der Waals surface area contributed by atoms with Crippen LogP contribution in [0.2, 0.25) is 0 Å². The Kier molecular flexibility index (Phi) is 23.6. The van der Waals surface area contributed by atoms with Crippen molar-refractivity contribution in [2.24, 2.45) is 62.1 Å². The zero-order chi connectivity index (χ0) is 39.8. The van der Waals surface area contributed by atoms with Crippen molar-refractivity contribution in [3.05, 3.63) is 0 Å². The van der Waals surface area contributed by atoms with E-state index in [1.807, 2.05) is 6.92 Å². The number of carboxylic acid groups (broad SMARTS) is 1. The summed E-state index contributed by atoms with van der Waals surface area (Å²) in [6, 6.07) is -3.98. The smallest absolute Gasteiger partial charge is 0.305 e. The van der Waals surface area contributed by atoms with E-state index in [1.54, 1.807) is 0 Å². The predicted octanol–water partition coefficient (Wildman–Crippen LogP) is -3.17. The van der Waals surface area contributed by atoms with E-state index >= 15 is 0 Å².